The van der Waals surface area contributed by atoms with E-state index in [9.17, 15) is 9.59 Å². The van der Waals surface area contributed by atoms with Gasteiger partial charge in [-0.1, -0.05) is 18.0 Å². The van der Waals surface area contributed by atoms with E-state index in [1.165, 1.54) is 0 Å². The summed E-state index contributed by atoms with van der Waals surface area (Å²) in [6.45, 7) is 1.82. The number of nitrogens with one attached hydrogen (secondary N) is 1. The number of benzene rings is 1. The molecular weight excluding hydrogens is 456 g/mol. The number of anilines is 1. The number of carbonyl (C=O) groups excluding carboxylic acids is 2. The largest absolute Gasteiger partial charge is 0.492 e. The van der Waals surface area contributed by atoms with E-state index in [0.29, 0.717) is 61.2 Å². The van der Waals surface area contributed by atoms with Crippen molar-refractivity contribution in [3.8, 4) is 5.75 Å². The Hall–Kier alpha value is -3.52. The molecule has 0 saturated heterocycles. The minimum atomic E-state index is -0.314. The van der Waals surface area contributed by atoms with Gasteiger partial charge in [-0.05, 0) is 55.3 Å². The first-order valence-electron chi connectivity index (χ1n) is 11.2. The molecule has 0 fully saturated rings. The van der Waals surface area contributed by atoms with E-state index in [1.807, 2.05) is 18.2 Å². The molecule has 2 amide bonds. The number of amides is 2. The molecule has 0 spiro atoms. The molecule has 3 rings (SSSR count). The van der Waals surface area contributed by atoms with Crippen LogP contribution in [0.1, 0.15) is 41.8 Å². The Morgan fingerprint density at radius 2 is 1.94 bits per heavy atom. The Morgan fingerprint density at radius 1 is 1.12 bits per heavy atom. The lowest BCUT2D eigenvalue weighted by atomic mass is 10.1. The summed E-state index contributed by atoms with van der Waals surface area (Å²) in [7, 11) is 0. The van der Waals surface area contributed by atoms with Crippen LogP contribution in [0, 0.1) is 0 Å². The van der Waals surface area contributed by atoms with Crippen LogP contribution in [0.3, 0.4) is 0 Å². The molecule has 0 radical (unpaired) electrons. The Balaban J connectivity index is 1.60. The lowest BCUT2D eigenvalue weighted by molar-refractivity contribution is -0.118. The van der Waals surface area contributed by atoms with Gasteiger partial charge in [0.25, 0.3) is 5.91 Å². The highest BCUT2D eigenvalue weighted by Crippen LogP contribution is 2.23. The predicted molar refractivity (Wildman–Crippen MR) is 131 cm³/mol. The fourth-order valence-corrected chi connectivity index (χ4v) is 3.63. The Labute approximate surface area is 204 Å². The monoisotopic (exact) mass is 484 g/mol. The summed E-state index contributed by atoms with van der Waals surface area (Å²) in [5, 5.41) is 3.66. The minimum absolute atomic E-state index is 0.173. The molecule has 0 saturated carbocycles. The van der Waals surface area contributed by atoms with E-state index < -0.39 is 0 Å². The zero-order chi connectivity index (χ0) is 24.2. The molecule has 34 heavy (non-hydrogen) atoms. The highest BCUT2D eigenvalue weighted by atomic mass is 35.5. The fourth-order valence-electron chi connectivity index (χ4n) is 3.41. The van der Waals surface area contributed by atoms with Crippen molar-refractivity contribution in [2.75, 3.05) is 25.0 Å². The van der Waals surface area contributed by atoms with Gasteiger partial charge >= 0.3 is 0 Å². The molecule has 0 bridgehead atoms. The number of furan rings is 1. The lowest BCUT2D eigenvalue weighted by Gasteiger charge is -2.22. The molecule has 8 nitrogen and oxygen atoms in total. The quantitative estimate of drug-likeness (QED) is 0.326. The van der Waals surface area contributed by atoms with Crippen molar-refractivity contribution >= 4 is 29.1 Å². The summed E-state index contributed by atoms with van der Waals surface area (Å²) in [6.07, 6.45) is 7.58. The van der Waals surface area contributed by atoms with Crippen LogP contribution in [0.5, 0.6) is 5.75 Å². The van der Waals surface area contributed by atoms with Crippen LogP contribution >= 0.6 is 11.6 Å². The Morgan fingerprint density at radius 3 is 2.68 bits per heavy atom. The van der Waals surface area contributed by atoms with Crippen LogP contribution in [0.25, 0.3) is 0 Å². The maximum atomic E-state index is 13.3. The maximum absolute atomic E-state index is 13.3. The smallest absolute Gasteiger partial charge is 0.254 e. The van der Waals surface area contributed by atoms with E-state index in [0.717, 1.165) is 18.5 Å². The molecule has 0 aliphatic heterocycles. The molecule has 3 aromatic rings. The first kappa shape index (κ1) is 25.1. The van der Waals surface area contributed by atoms with Gasteiger partial charge in [-0.25, -0.2) is 0 Å². The van der Waals surface area contributed by atoms with Gasteiger partial charge in [0.2, 0.25) is 5.91 Å². The minimum Gasteiger partial charge on any atom is -0.492 e. The lowest BCUT2D eigenvalue weighted by Crippen LogP contribution is -2.31. The number of unbranched alkanes of at least 4 members (excludes halogenated alkanes) is 2. The highest BCUT2D eigenvalue weighted by Gasteiger charge is 2.19. The van der Waals surface area contributed by atoms with Gasteiger partial charge in [0.1, 0.15) is 18.1 Å². The van der Waals surface area contributed by atoms with Crippen LogP contribution in [-0.2, 0) is 11.3 Å². The Bertz CT molecular complexity index is 1040. The molecule has 1 aromatic carbocycles. The van der Waals surface area contributed by atoms with Crippen molar-refractivity contribution in [2.45, 2.75) is 32.2 Å². The zero-order valence-electron chi connectivity index (χ0n) is 18.9. The second-order valence-corrected chi connectivity index (χ2v) is 8.21. The van der Waals surface area contributed by atoms with Crippen LogP contribution < -0.4 is 15.8 Å². The molecule has 9 heteroatoms. The maximum Gasteiger partial charge on any atom is 0.254 e. The number of nitrogens with two attached hydrogens (primary N) is 1. The van der Waals surface area contributed by atoms with Gasteiger partial charge in [-0.15, -0.1) is 0 Å². The summed E-state index contributed by atoms with van der Waals surface area (Å²) >= 11 is 6.29. The second-order valence-electron chi connectivity index (χ2n) is 7.77. The number of halogens is 1. The van der Waals surface area contributed by atoms with E-state index in [4.69, 9.17) is 26.5 Å². The third kappa shape index (κ3) is 8.44. The van der Waals surface area contributed by atoms with E-state index in [2.05, 4.69) is 10.3 Å². The molecule has 0 unspecified atom stereocenters. The first-order chi connectivity index (χ1) is 16.5. The molecule has 2 aromatic heterocycles. The van der Waals surface area contributed by atoms with Crippen LogP contribution in [-0.4, -0.2) is 41.4 Å². The summed E-state index contributed by atoms with van der Waals surface area (Å²) in [5.74, 6) is 0.720. The Kier molecular flexibility index (Phi) is 9.79. The number of pyridine rings is 1. The topological polar surface area (TPSA) is 111 Å². The summed E-state index contributed by atoms with van der Waals surface area (Å²) in [5.41, 5.74) is 6.59. The number of ether oxygens (including phenoxy) is 1. The van der Waals surface area contributed by atoms with Crippen molar-refractivity contribution in [2.24, 2.45) is 5.73 Å². The van der Waals surface area contributed by atoms with Crippen molar-refractivity contribution < 1.29 is 18.7 Å². The van der Waals surface area contributed by atoms with E-state index >= 15 is 0 Å². The van der Waals surface area contributed by atoms with Crippen molar-refractivity contribution in [3.63, 3.8) is 0 Å². The second kappa shape index (κ2) is 13.3. The van der Waals surface area contributed by atoms with Crippen molar-refractivity contribution in [1.82, 2.24) is 9.88 Å². The van der Waals surface area contributed by atoms with E-state index in [1.54, 1.807) is 47.8 Å². The van der Waals surface area contributed by atoms with Crippen molar-refractivity contribution in [1.29, 1.82) is 0 Å². The molecule has 0 atom stereocenters. The average molecular weight is 485 g/mol. The molecule has 2 heterocycles. The number of carbonyl (C=O) groups is 2. The number of rotatable bonds is 14. The SMILES string of the molecule is NC(=O)CCCCCN(Cc1ccco1)C(=O)c1cc(Cl)cc(OCCNc2ccncc2)c1. The number of nitrogens with zero attached hydrogens (tertiary/aromatic N) is 2. The zero-order valence-corrected chi connectivity index (χ0v) is 19.7. The van der Waals surface area contributed by atoms with Gasteiger partial charge in [0.05, 0.1) is 12.8 Å². The number of hydrogen-bond donors (Lipinski definition) is 2. The fraction of sp³-hybridized carbons (Fsp3) is 0.320. The van der Waals surface area contributed by atoms with Crippen molar-refractivity contribution in [3.05, 3.63) is 77.5 Å². The third-order valence-corrected chi connectivity index (χ3v) is 5.28. The number of hydrogen-bond acceptors (Lipinski definition) is 6. The van der Waals surface area contributed by atoms with Gasteiger partial charge in [0.15, 0.2) is 0 Å². The van der Waals surface area contributed by atoms with Crippen LogP contribution in [0.4, 0.5) is 5.69 Å². The summed E-state index contributed by atoms with van der Waals surface area (Å²) in [6, 6.07) is 12.4. The molecule has 0 aliphatic rings. The third-order valence-electron chi connectivity index (χ3n) is 5.06. The molecule has 3 N–H and O–H groups in total. The molecule has 180 valence electrons. The van der Waals surface area contributed by atoms with Gasteiger partial charge < -0.3 is 25.1 Å². The van der Waals surface area contributed by atoms with Gasteiger partial charge in [-0.2, -0.15) is 0 Å². The van der Waals surface area contributed by atoms with Gasteiger partial charge in [0, 0.05) is 48.2 Å². The van der Waals surface area contributed by atoms with E-state index in [-0.39, 0.29) is 11.8 Å². The average Bonchev–Trinajstić information content (AvgIpc) is 3.34. The first-order valence-corrected chi connectivity index (χ1v) is 11.6. The summed E-state index contributed by atoms with van der Waals surface area (Å²) in [4.78, 5) is 30.0. The predicted octanol–water partition coefficient (Wildman–Crippen LogP) is 4.51. The van der Waals surface area contributed by atoms with Gasteiger partial charge in [-0.3, -0.25) is 14.6 Å². The highest BCUT2D eigenvalue weighted by molar-refractivity contribution is 6.31. The normalized spacial score (nSPS) is 10.6. The summed E-state index contributed by atoms with van der Waals surface area (Å²) < 4.78 is 11.3. The molecule has 0 aliphatic carbocycles. The number of aromatic nitrogens is 1. The number of primary amides is 1. The standard InChI is InChI=1S/C25H29ClN4O4/c26-20-15-19(16-23(17-20)34-14-11-29-21-7-9-28-10-8-21)25(32)30(18-22-5-4-13-33-22)12-3-1-2-6-24(27)31/h4-5,7-10,13,15-17H,1-3,6,11-12,14,18H2,(H2,27,31)(H,28,29). The molecular formula is C25H29ClN4O4. The van der Waals surface area contributed by atoms with Crippen LogP contribution in [0.15, 0.2) is 65.5 Å². The van der Waals surface area contributed by atoms with Crippen LogP contribution in [0.2, 0.25) is 5.02 Å².